The van der Waals surface area contributed by atoms with Gasteiger partial charge in [-0.15, -0.1) is 0 Å². The van der Waals surface area contributed by atoms with E-state index in [0.717, 1.165) is 27.0 Å². The number of nitrogens with one attached hydrogen (secondary N) is 4. The van der Waals surface area contributed by atoms with Gasteiger partial charge in [-0.2, -0.15) is 0 Å². The minimum absolute atomic E-state index is 0.0448. The topological polar surface area (TPSA) is 329 Å². The molecule has 30 heteroatoms. The number of halogens is 3. The fraction of sp³-hybridized carbons (Fsp3) is 0.603. The Labute approximate surface area is 554 Å². The van der Waals surface area contributed by atoms with E-state index in [-0.39, 0.29) is 129 Å². The van der Waals surface area contributed by atoms with Gasteiger partial charge in [0.1, 0.15) is 11.8 Å². The molecule has 3 fully saturated rings. The van der Waals surface area contributed by atoms with E-state index in [0.29, 0.717) is 94.4 Å². The Morgan fingerprint density at radius 2 is 1.30 bits per heavy atom. The summed E-state index contributed by atoms with van der Waals surface area (Å²) >= 11 is 2.24. The van der Waals surface area contributed by atoms with Crippen molar-refractivity contribution in [3.05, 3.63) is 69.4 Å². The second-order valence-corrected chi connectivity index (χ2v) is 24.7. The summed E-state index contributed by atoms with van der Waals surface area (Å²) in [6, 6.07) is 13.0. The van der Waals surface area contributed by atoms with E-state index >= 15 is 0 Å². The van der Waals surface area contributed by atoms with Crippen molar-refractivity contribution in [2.24, 2.45) is 4.99 Å². The molecule has 0 saturated carbocycles. The van der Waals surface area contributed by atoms with Crippen LogP contribution >= 0.6 is 22.6 Å². The molecule has 6 amide bonds. The number of carbonyl (C=O) groups is 9. The van der Waals surface area contributed by atoms with Crippen LogP contribution in [0.25, 0.3) is 10.9 Å². The Kier molecular flexibility index (Phi) is 31.9. The Morgan fingerprint density at radius 1 is 0.677 bits per heavy atom. The molecule has 4 heterocycles. The molecule has 0 bridgehead atoms. The average molecular weight is 1420 g/mol. The summed E-state index contributed by atoms with van der Waals surface area (Å²) in [6.45, 7) is 3.68. The number of alkyl halides is 2. The quantitative estimate of drug-likeness (QED) is 0.0250. The highest BCUT2D eigenvalue weighted by Gasteiger charge is 2.46. The molecule has 0 radical (unpaired) electrons. The number of hydrogen-bond acceptors (Lipinski definition) is 18. The molecule has 512 valence electrons. The smallest absolute Gasteiger partial charge is 0.317 e. The molecule has 3 aromatic rings. The minimum Gasteiger partial charge on any atom is -0.494 e. The number of carboxylic acid groups (broad SMARTS) is 3. The lowest BCUT2D eigenvalue weighted by Gasteiger charge is -2.34. The number of amides is 6. The molecule has 93 heavy (non-hydrogen) atoms. The summed E-state index contributed by atoms with van der Waals surface area (Å²) in [4.78, 5) is 135. The number of aryl methyl sites for hydroxylation is 1. The summed E-state index contributed by atoms with van der Waals surface area (Å²) in [5.74, 6) is -7.99. The van der Waals surface area contributed by atoms with Gasteiger partial charge in [0.2, 0.25) is 29.5 Å². The number of aliphatic carboxylic acids is 3. The van der Waals surface area contributed by atoms with Crippen molar-refractivity contribution in [1.82, 2.24) is 60.6 Å². The second-order valence-electron chi connectivity index (χ2n) is 23.4. The molecule has 3 aliphatic rings. The Hall–Kier alpha value is -7.10. The Balaban J connectivity index is 0.918. The minimum atomic E-state index is -3.05. The van der Waals surface area contributed by atoms with E-state index in [1.807, 2.05) is 29.2 Å². The number of aliphatic imine (C=N–C) groups is 1. The van der Waals surface area contributed by atoms with Crippen LogP contribution in [-0.4, -0.2) is 296 Å². The monoisotopic (exact) mass is 1420 g/mol. The number of likely N-dealkylation sites (tertiary alicyclic amines) is 1. The fourth-order valence-electron chi connectivity index (χ4n) is 11.2. The van der Waals surface area contributed by atoms with Crippen molar-refractivity contribution < 1.29 is 76.7 Å². The van der Waals surface area contributed by atoms with Crippen molar-refractivity contribution in [3.63, 3.8) is 0 Å². The third-order valence-corrected chi connectivity index (χ3v) is 16.9. The molecule has 0 spiro atoms. The first-order chi connectivity index (χ1) is 44.6. The van der Waals surface area contributed by atoms with Gasteiger partial charge >= 0.3 is 17.9 Å². The van der Waals surface area contributed by atoms with E-state index in [1.165, 1.54) is 25.5 Å². The van der Waals surface area contributed by atoms with Crippen LogP contribution in [0.4, 0.5) is 8.78 Å². The first-order valence-electron chi connectivity index (χ1n) is 31.7. The number of carbonyl (C=O) groups excluding carboxylic acids is 6. The third kappa shape index (κ3) is 27.8. The fourth-order valence-corrected chi connectivity index (χ4v) is 11.6. The highest BCUT2D eigenvalue weighted by atomic mass is 127. The molecular formula is C63H90F2IN13O14. The number of hydrogen-bond donors (Lipinski definition) is 7. The lowest BCUT2D eigenvalue weighted by atomic mass is 10.1. The van der Waals surface area contributed by atoms with Gasteiger partial charge in [0, 0.05) is 152 Å². The van der Waals surface area contributed by atoms with Gasteiger partial charge in [-0.05, 0) is 103 Å². The molecule has 0 aliphatic carbocycles. The van der Waals surface area contributed by atoms with Gasteiger partial charge in [-0.3, -0.25) is 77.6 Å². The first-order valence-corrected chi connectivity index (χ1v) is 32.8. The Bertz CT molecular complexity index is 2950. The molecule has 27 nitrogen and oxygen atoms in total. The SMILES string of the molecule is C/N=C/[C@H]1CC(F)(F)CN1C(=O)CNC(=O)c1ccnc2ccc(OCCCN3CCN(C(=O)CCCCCNC(=O)C(CCOCCNC(=O)CCCc4ccc(I)cc4)NC(=O)CN4CCN(CC(=O)O)CCN(CC(=O)O)CCN(CC(=O)O)CC4)CC3)cc12. The number of rotatable bonds is 35. The number of fused-ring (bicyclic) bond motifs is 1. The zero-order valence-electron chi connectivity index (χ0n) is 53.0. The standard InChI is InChI=1S/C63H90F2IN13O14/c1-67-39-48-38-63(64,65)45-79(48)57(83)40-71-61(90)50-16-19-68-52-15-14-49(37-51(50)52)93-34-6-21-73-30-32-78(33-31-73)56(82)9-3-2-4-18-70-62(91)53(17-35-92-36-20-69-54(80)8-5-7-46-10-12-47(66)13-11-46)72-55(81)41-74-22-24-75(42-58(84)85)26-28-77(44-60(88)89)29-27-76(25-23-74)43-59(86)87/h10-16,19,37,39,48,53H,2-9,17-18,20-36,38,40-45H2,1H3,(H,69,80)(H,70,91)(H,71,90)(H,72,81)(H,84,85)(H,86,87)(H,88,89)/b67-39+/t48-,53?/m1/s1. The number of piperazine rings is 1. The van der Waals surface area contributed by atoms with Gasteiger partial charge in [-0.25, -0.2) is 8.78 Å². The van der Waals surface area contributed by atoms with Crippen LogP contribution in [0.2, 0.25) is 0 Å². The predicted octanol–water partition coefficient (Wildman–Crippen LogP) is 1.60. The normalized spacial score (nSPS) is 17.7. The summed E-state index contributed by atoms with van der Waals surface area (Å²) < 4.78 is 41.3. The number of pyridine rings is 1. The van der Waals surface area contributed by atoms with Crippen LogP contribution in [-0.2, 0) is 49.5 Å². The van der Waals surface area contributed by atoms with E-state index in [1.54, 1.807) is 37.8 Å². The number of unbranched alkanes of at least 4 members (excludes halogenated alkanes) is 2. The largest absolute Gasteiger partial charge is 0.494 e. The molecule has 2 aromatic carbocycles. The van der Waals surface area contributed by atoms with Gasteiger partial charge < -0.3 is 55.9 Å². The van der Waals surface area contributed by atoms with Crippen LogP contribution in [0.5, 0.6) is 5.75 Å². The molecule has 3 saturated heterocycles. The molecule has 1 aromatic heterocycles. The summed E-state index contributed by atoms with van der Waals surface area (Å²) in [5, 5.41) is 40.5. The molecule has 1 unspecified atom stereocenters. The third-order valence-electron chi connectivity index (χ3n) is 16.2. The summed E-state index contributed by atoms with van der Waals surface area (Å²) in [7, 11) is 1.45. The van der Waals surface area contributed by atoms with E-state index in [2.05, 4.69) is 58.7 Å². The highest BCUT2D eigenvalue weighted by molar-refractivity contribution is 14.1. The average Bonchev–Trinajstić information content (AvgIpc) is 1.86. The van der Waals surface area contributed by atoms with Gasteiger partial charge in [-0.1, -0.05) is 18.6 Å². The second kappa shape index (κ2) is 39.6. The van der Waals surface area contributed by atoms with Crippen molar-refractivity contribution >= 4 is 93.1 Å². The van der Waals surface area contributed by atoms with Gasteiger partial charge in [0.05, 0.1) is 69.6 Å². The van der Waals surface area contributed by atoms with Crippen LogP contribution in [0.3, 0.4) is 0 Å². The molecule has 6 rings (SSSR count). The maximum absolute atomic E-state index is 14.1. The van der Waals surface area contributed by atoms with E-state index in [4.69, 9.17) is 9.47 Å². The lowest BCUT2D eigenvalue weighted by Crippen LogP contribution is -2.52. The van der Waals surface area contributed by atoms with Crippen LogP contribution in [0.1, 0.15) is 73.7 Å². The number of benzene rings is 2. The highest BCUT2D eigenvalue weighted by Crippen LogP contribution is 2.31. The molecule has 7 N–H and O–H groups in total. The molecule has 2 atom stereocenters. The molecular weight excluding hydrogens is 1330 g/mol. The zero-order valence-corrected chi connectivity index (χ0v) is 55.1. The number of nitrogens with zero attached hydrogens (tertiary/aromatic N) is 9. The van der Waals surface area contributed by atoms with E-state index < -0.39 is 79.1 Å². The van der Waals surface area contributed by atoms with Crippen LogP contribution < -0.4 is 26.0 Å². The van der Waals surface area contributed by atoms with E-state index in [9.17, 15) is 67.3 Å². The maximum atomic E-state index is 14.1. The number of ether oxygens (including phenoxy) is 2. The van der Waals surface area contributed by atoms with Crippen LogP contribution in [0.15, 0.2) is 59.7 Å². The lowest BCUT2D eigenvalue weighted by molar-refractivity contribution is -0.140. The van der Waals surface area contributed by atoms with Crippen molar-refractivity contribution in [2.75, 3.05) is 164 Å². The van der Waals surface area contributed by atoms with Gasteiger partial charge in [0.15, 0.2) is 0 Å². The molecule has 3 aliphatic heterocycles. The first kappa shape index (κ1) is 74.9. The Morgan fingerprint density at radius 3 is 1.92 bits per heavy atom. The summed E-state index contributed by atoms with van der Waals surface area (Å²) in [6.07, 6.45) is 6.98. The van der Waals surface area contributed by atoms with Crippen molar-refractivity contribution in [2.45, 2.75) is 82.2 Å². The summed E-state index contributed by atoms with van der Waals surface area (Å²) in [5.41, 5.74) is 1.93. The van der Waals surface area contributed by atoms with Crippen molar-refractivity contribution in [3.8, 4) is 5.75 Å². The van der Waals surface area contributed by atoms with Gasteiger partial charge in [0.25, 0.3) is 11.8 Å². The van der Waals surface area contributed by atoms with Crippen molar-refractivity contribution in [1.29, 1.82) is 0 Å². The number of carboxylic acids is 3. The number of aromatic nitrogens is 1. The zero-order chi connectivity index (χ0) is 67.1. The predicted molar refractivity (Wildman–Crippen MR) is 349 cm³/mol. The maximum Gasteiger partial charge on any atom is 0.317 e. The van der Waals surface area contributed by atoms with Crippen LogP contribution in [0, 0.1) is 3.57 Å².